The predicted octanol–water partition coefficient (Wildman–Crippen LogP) is 1.34. The largest absolute Gasteiger partial charge is 0.508 e. The fourth-order valence-corrected chi connectivity index (χ4v) is 3.25. The zero-order valence-electron chi connectivity index (χ0n) is 16.9. The maximum Gasteiger partial charge on any atom is 0.332 e. The summed E-state index contributed by atoms with van der Waals surface area (Å²) in [6, 6.07) is 13.4. The third kappa shape index (κ3) is 3.66. The van der Waals surface area contributed by atoms with E-state index in [0.29, 0.717) is 5.56 Å². The molecule has 158 valence electrons. The van der Waals surface area contributed by atoms with Crippen molar-refractivity contribution in [1.29, 1.82) is 0 Å². The molecular formula is C21H20N6O4. The monoisotopic (exact) mass is 420 g/mol. The van der Waals surface area contributed by atoms with Gasteiger partial charge in [-0.3, -0.25) is 13.9 Å². The van der Waals surface area contributed by atoms with Crippen LogP contribution < -0.4 is 16.7 Å². The number of fused-ring (bicyclic) bond motifs is 1. The average Bonchev–Trinajstić information content (AvgIpc) is 3.08. The summed E-state index contributed by atoms with van der Waals surface area (Å²) < 4.78 is 4.01. The Bertz CT molecular complexity index is 1420. The molecule has 0 atom stereocenters. The van der Waals surface area contributed by atoms with Crippen molar-refractivity contribution in [2.45, 2.75) is 6.54 Å². The van der Waals surface area contributed by atoms with Gasteiger partial charge in [-0.1, -0.05) is 30.3 Å². The Labute approximate surface area is 176 Å². The molecule has 31 heavy (non-hydrogen) atoms. The number of hydrogen-bond donors (Lipinski definition) is 3. The Hall–Kier alpha value is -4.34. The zero-order valence-corrected chi connectivity index (χ0v) is 16.9. The normalized spacial score (nSPS) is 11.4. The molecule has 0 saturated carbocycles. The van der Waals surface area contributed by atoms with Crippen LogP contribution in [0.2, 0.25) is 0 Å². The van der Waals surface area contributed by atoms with E-state index in [4.69, 9.17) is 0 Å². The van der Waals surface area contributed by atoms with Crippen LogP contribution in [0.15, 0.2) is 63.2 Å². The van der Waals surface area contributed by atoms with Crippen LogP contribution in [0.3, 0.4) is 0 Å². The highest BCUT2D eigenvalue weighted by Gasteiger charge is 2.18. The van der Waals surface area contributed by atoms with Gasteiger partial charge in [-0.15, -0.1) is 0 Å². The van der Waals surface area contributed by atoms with Crippen LogP contribution in [0.1, 0.15) is 11.1 Å². The van der Waals surface area contributed by atoms with Crippen LogP contribution in [-0.2, 0) is 20.6 Å². The molecule has 0 amide bonds. The van der Waals surface area contributed by atoms with E-state index in [1.54, 1.807) is 14.1 Å². The highest BCUT2D eigenvalue weighted by molar-refractivity contribution is 5.84. The number of nitrogens with zero attached hydrogens (tertiary/aromatic N) is 5. The van der Waals surface area contributed by atoms with Gasteiger partial charge in [0.2, 0.25) is 5.95 Å². The van der Waals surface area contributed by atoms with Crippen molar-refractivity contribution < 1.29 is 10.2 Å². The van der Waals surface area contributed by atoms with E-state index in [2.05, 4.69) is 15.5 Å². The van der Waals surface area contributed by atoms with E-state index < -0.39 is 11.2 Å². The summed E-state index contributed by atoms with van der Waals surface area (Å²) in [7, 11) is 3.20. The van der Waals surface area contributed by atoms with Crippen molar-refractivity contribution in [1.82, 2.24) is 18.7 Å². The molecule has 0 aliphatic carbocycles. The molecule has 0 fully saturated rings. The second-order valence-electron chi connectivity index (χ2n) is 7.00. The van der Waals surface area contributed by atoms with E-state index in [1.165, 1.54) is 38.1 Å². The second kappa shape index (κ2) is 7.82. The van der Waals surface area contributed by atoms with Crippen LogP contribution in [0.5, 0.6) is 11.5 Å². The number of aromatic nitrogens is 4. The molecular weight excluding hydrogens is 400 g/mol. The summed E-state index contributed by atoms with van der Waals surface area (Å²) in [6.45, 7) is 0.147. The number of phenols is 2. The van der Waals surface area contributed by atoms with Crippen LogP contribution in [0.4, 0.5) is 5.95 Å². The van der Waals surface area contributed by atoms with Gasteiger partial charge in [0, 0.05) is 25.7 Å². The summed E-state index contributed by atoms with van der Waals surface area (Å²) in [5, 5.41) is 23.2. The van der Waals surface area contributed by atoms with Gasteiger partial charge >= 0.3 is 5.69 Å². The highest BCUT2D eigenvalue weighted by Crippen LogP contribution is 2.21. The minimum Gasteiger partial charge on any atom is -0.508 e. The number of phenolic OH excluding ortho intramolecular Hbond substituents is 2. The van der Waals surface area contributed by atoms with Gasteiger partial charge < -0.3 is 14.8 Å². The topological polar surface area (TPSA) is 127 Å². The molecule has 2 aromatic heterocycles. The molecule has 0 spiro atoms. The van der Waals surface area contributed by atoms with Crippen molar-refractivity contribution in [2.75, 3.05) is 5.43 Å². The van der Waals surface area contributed by atoms with Gasteiger partial charge in [-0.25, -0.2) is 10.2 Å². The summed E-state index contributed by atoms with van der Waals surface area (Å²) in [5.74, 6) is 0.0430. The van der Waals surface area contributed by atoms with E-state index in [-0.39, 0.29) is 35.2 Å². The Morgan fingerprint density at radius 3 is 2.52 bits per heavy atom. The van der Waals surface area contributed by atoms with Gasteiger partial charge in [0.15, 0.2) is 11.2 Å². The standard InChI is InChI=1S/C21H20N6O4/c1-25-17-18(23-20(25)24-22-11-14-8-9-15(28)10-16(14)29)26(2)21(31)27(19(17)30)12-13-6-4-3-5-7-13/h3-11,28-29H,12H2,1-2H3,(H,23,24). The van der Waals surface area contributed by atoms with E-state index in [0.717, 1.165) is 5.56 Å². The quantitative estimate of drug-likeness (QED) is 0.330. The number of hydrazone groups is 1. The molecule has 10 heteroatoms. The van der Waals surface area contributed by atoms with Gasteiger partial charge in [0.1, 0.15) is 11.5 Å². The molecule has 10 nitrogen and oxygen atoms in total. The van der Waals surface area contributed by atoms with E-state index >= 15 is 0 Å². The molecule has 3 N–H and O–H groups in total. The Morgan fingerprint density at radius 2 is 1.81 bits per heavy atom. The fraction of sp³-hybridized carbons (Fsp3) is 0.143. The molecule has 2 aromatic carbocycles. The van der Waals surface area contributed by atoms with Crippen molar-refractivity contribution in [3.8, 4) is 11.5 Å². The van der Waals surface area contributed by atoms with Crippen molar-refractivity contribution in [2.24, 2.45) is 19.2 Å². The summed E-state index contributed by atoms with van der Waals surface area (Å²) in [6.07, 6.45) is 1.35. The number of anilines is 1. The van der Waals surface area contributed by atoms with Gasteiger partial charge in [-0.2, -0.15) is 10.1 Å². The molecule has 2 heterocycles. The summed E-state index contributed by atoms with van der Waals surface area (Å²) in [4.78, 5) is 30.2. The highest BCUT2D eigenvalue weighted by atomic mass is 16.3. The third-order valence-corrected chi connectivity index (χ3v) is 4.93. The van der Waals surface area contributed by atoms with Crippen LogP contribution in [-0.4, -0.2) is 35.1 Å². The number of benzene rings is 2. The summed E-state index contributed by atoms with van der Waals surface area (Å²) in [5.41, 5.74) is 3.49. The Balaban J connectivity index is 1.72. The average molecular weight is 420 g/mol. The predicted molar refractivity (Wildman–Crippen MR) is 117 cm³/mol. The van der Waals surface area contributed by atoms with Gasteiger partial charge in [0.25, 0.3) is 5.56 Å². The maximum absolute atomic E-state index is 13.1. The Kier molecular flexibility index (Phi) is 5.04. The first-order valence-corrected chi connectivity index (χ1v) is 9.38. The van der Waals surface area contributed by atoms with Crippen molar-refractivity contribution in [3.05, 3.63) is 80.5 Å². The number of hydrogen-bond acceptors (Lipinski definition) is 7. The minimum atomic E-state index is -0.469. The first-order valence-electron chi connectivity index (χ1n) is 9.38. The van der Waals surface area contributed by atoms with Crippen LogP contribution in [0, 0.1) is 0 Å². The molecule has 0 saturated heterocycles. The molecule has 0 radical (unpaired) electrons. The molecule has 0 unspecified atom stereocenters. The second-order valence-corrected chi connectivity index (χ2v) is 7.00. The Morgan fingerprint density at radius 1 is 1.06 bits per heavy atom. The van der Waals surface area contributed by atoms with Gasteiger partial charge in [0.05, 0.1) is 12.8 Å². The fourth-order valence-electron chi connectivity index (χ4n) is 3.25. The zero-order chi connectivity index (χ0) is 22.1. The van der Waals surface area contributed by atoms with Crippen molar-refractivity contribution in [3.63, 3.8) is 0 Å². The molecule has 0 bridgehead atoms. The number of imidazole rings is 1. The SMILES string of the molecule is Cn1c(NN=Cc2ccc(O)cc2O)nc2c1c(=O)n(Cc1ccccc1)c(=O)n2C. The third-order valence-electron chi connectivity index (χ3n) is 4.93. The number of aromatic hydroxyl groups is 2. The molecule has 0 aliphatic heterocycles. The maximum atomic E-state index is 13.1. The van der Waals surface area contributed by atoms with Crippen LogP contribution in [0.25, 0.3) is 11.2 Å². The first-order chi connectivity index (χ1) is 14.9. The molecule has 0 aliphatic rings. The summed E-state index contributed by atoms with van der Waals surface area (Å²) >= 11 is 0. The lowest BCUT2D eigenvalue weighted by atomic mass is 10.2. The lowest BCUT2D eigenvalue weighted by Gasteiger charge is -2.08. The van der Waals surface area contributed by atoms with E-state index in [9.17, 15) is 19.8 Å². The molecule has 4 rings (SSSR count). The van der Waals surface area contributed by atoms with Crippen molar-refractivity contribution >= 4 is 23.3 Å². The van der Waals surface area contributed by atoms with E-state index in [1.807, 2.05) is 30.3 Å². The smallest absolute Gasteiger partial charge is 0.332 e. The molecule has 4 aromatic rings. The minimum absolute atomic E-state index is 0.0642. The number of aryl methyl sites for hydroxylation is 2. The number of rotatable bonds is 5. The first kappa shape index (κ1) is 20.0. The van der Waals surface area contributed by atoms with Gasteiger partial charge in [-0.05, 0) is 17.7 Å². The lowest BCUT2D eigenvalue weighted by molar-refractivity contribution is 0.450. The lowest BCUT2D eigenvalue weighted by Crippen LogP contribution is -2.39. The van der Waals surface area contributed by atoms with Crippen LogP contribution >= 0.6 is 0 Å². The number of nitrogens with one attached hydrogen (secondary N) is 1.